The highest BCUT2D eigenvalue weighted by atomic mass is 16.2. The first-order valence-corrected chi connectivity index (χ1v) is 9.16. The second-order valence-electron chi connectivity index (χ2n) is 7.50. The Balaban J connectivity index is 2.04. The molecule has 2 aliphatic carbocycles. The lowest BCUT2D eigenvalue weighted by Crippen LogP contribution is -2.50. The molecule has 1 amide bonds. The maximum atomic E-state index is 12.9. The Morgan fingerprint density at radius 3 is 1.76 bits per heavy atom. The van der Waals surface area contributed by atoms with E-state index in [2.05, 4.69) is 18.7 Å². The molecule has 0 aliphatic heterocycles. The van der Waals surface area contributed by atoms with Crippen LogP contribution in [0.5, 0.6) is 0 Å². The molecular formula is C18H34N2O. The summed E-state index contributed by atoms with van der Waals surface area (Å²) in [7, 11) is 0. The van der Waals surface area contributed by atoms with Gasteiger partial charge in [0.15, 0.2) is 0 Å². The van der Waals surface area contributed by atoms with Gasteiger partial charge >= 0.3 is 0 Å². The summed E-state index contributed by atoms with van der Waals surface area (Å²) in [6.45, 7) is 4.23. The van der Waals surface area contributed by atoms with Crippen LogP contribution in [0.15, 0.2) is 0 Å². The molecule has 3 heteroatoms. The van der Waals surface area contributed by atoms with Crippen LogP contribution >= 0.6 is 0 Å². The summed E-state index contributed by atoms with van der Waals surface area (Å²) in [5.41, 5.74) is 6.17. The van der Waals surface area contributed by atoms with Crippen molar-refractivity contribution in [1.29, 1.82) is 0 Å². The number of carbonyl (C=O) groups excluding carboxylic acids is 1. The average molecular weight is 294 g/mol. The van der Waals surface area contributed by atoms with Crippen LogP contribution in [0.25, 0.3) is 0 Å². The zero-order chi connectivity index (χ0) is 15.2. The summed E-state index contributed by atoms with van der Waals surface area (Å²) in [4.78, 5) is 15.2. The molecule has 122 valence electrons. The molecule has 2 saturated carbocycles. The quantitative estimate of drug-likeness (QED) is 0.837. The van der Waals surface area contributed by atoms with Gasteiger partial charge in [0.05, 0.1) is 0 Å². The molecule has 2 fully saturated rings. The molecule has 0 heterocycles. The summed E-state index contributed by atoms with van der Waals surface area (Å²) in [6, 6.07) is 0.995. The SMILES string of the molecule is CC(C)C(N)CC(=O)N(C1CCCCC1)C1CCCCC1. The molecule has 21 heavy (non-hydrogen) atoms. The van der Waals surface area contributed by atoms with E-state index in [1.54, 1.807) is 0 Å². The van der Waals surface area contributed by atoms with E-state index in [0.717, 1.165) is 0 Å². The lowest BCUT2D eigenvalue weighted by molar-refractivity contribution is -0.138. The van der Waals surface area contributed by atoms with Crippen LogP contribution in [0.4, 0.5) is 0 Å². The lowest BCUT2D eigenvalue weighted by Gasteiger charge is -2.42. The van der Waals surface area contributed by atoms with Gasteiger partial charge in [0.1, 0.15) is 0 Å². The first-order chi connectivity index (χ1) is 10.1. The van der Waals surface area contributed by atoms with Gasteiger partial charge in [-0.2, -0.15) is 0 Å². The van der Waals surface area contributed by atoms with Gasteiger partial charge in [-0.1, -0.05) is 52.4 Å². The Morgan fingerprint density at radius 1 is 0.952 bits per heavy atom. The Bertz CT molecular complexity index is 299. The first-order valence-electron chi connectivity index (χ1n) is 9.16. The van der Waals surface area contributed by atoms with Gasteiger partial charge in [0.2, 0.25) is 5.91 Å². The van der Waals surface area contributed by atoms with Crippen LogP contribution in [-0.2, 0) is 4.79 Å². The minimum absolute atomic E-state index is 0.00665. The van der Waals surface area contributed by atoms with Crippen LogP contribution in [0.3, 0.4) is 0 Å². The van der Waals surface area contributed by atoms with Crippen molar-refractivity contribution in [2.45, 2.75) is 103 Å². The summed E-state index contributed by atoms with van der Waals surface area (Å²) in [5, 5.41) is 0. The molecule has 0 aromatic heterocycles. The molecule has 3 nitrogen and oxygen atoms in total. The molecule has 0 saturated heterocycles. The van der Waals surface area contributed by atoms with Gasteiger partial charge in [-0.15, -0.1) is 0 Å². The number of carbonyl (C=O) groups is 1. The average Bonchev–Trinajstić information content (AvgIpc) is 2.49. The third-order valence-electron chi connectivity index (χ3n) is 5.49. The van der Waals surface area contributed by atoms with E-state index in [1.165, 1.54) is 64.2 Å². The van der Waals surface area contributed by atoms with Crippen LogP contribution in [-0.4, -0.2) is 28.9 Å². The van der Waals surface area contributed by atoms with Gasteiger partial charge in [0, 0.05) is 24.5 Å². The van der Waals surface area contributed by atoms with E-state index >= 15 is 0 Å². The minimum Gasteiger partial charge on any atom is -0.337 e. The highest BCUT2D eigenvalue weighted by Gasteiger charge is 2.33. The summed E-state index contributed by atoms with van der Waals surface area (Å²) < 4.78 is 0. The molecule has 0 radical (unpaired) electrons. The zero-order valence-corrected chi connectivity index (χ0v) is 14.0. The van der Waals surface area contributed by atoms with Crippen molar-refractivity contribution in [1.82, 2.24) is 4.90 Å². The van der Waals surface area contributed by atoms with Crippen LogP contribution in [0.1, 0.15) is 84.5 Å². The number of hydrogen-bond acceptors (Lipinski definition) is 2. The Labute approximate surface area is 130 Å². The molecule has 2 rings (SSSR count). The number of hydrogen-bond donors (Lipinski definition) is 1. The molecule has 0 aromatic rings. The van der Waals surface area contributed by atoms with Gasteiger partial charge < -0.3 is 10.6 Å². The van der Waals surface area contributed by atoms with E-state index in [-0.39, 0.29) is 6.04 Å². The summed E-state index contributed by atoms with van der Waals surface area (Å²) in [6.07, 6.45) is 13.2. The van der Waals surface area contributed by atoms with Gasteiger partial charge in [0.25, 0.3) is 0 Å². The van der Waals surface area contributed by atoms with E-state index in [9.17, 15) is 4.79 Å². The zero-order valence-electron chi connectivity index (χ0n) is 14.0. The number of nitrogens with zero attached hydrogens (tertiary/aromatic N) is 1. The lowest BCUT2D eigenvalue weighted by atomic mass is 9.88. The molecule has 0 bridgehead atoms. The van der Waals surface area contributed by atoms with Crippen molar-refractivity contribution in [3.63, 3.8) is 0 Å². The fourth-order valence-corrected chi connectivity index (χ4v) is 3.97. The third kappa shape index (κ3) is 4.70. The van der Waals surface area contributed by atoms with Crippen molar-refractivity contribution in [2.24, 2.45) is 11.7 Å². The van der Waals surface area contributed by atoms with Crippen molar-refractivity contribution >= 4 is 5.91 Å². The normalized spacial score (nSPS) is 23.2. The van der Waals surface area contributed by atoms with E-state index in [4.69, 9.17) is 5.73 Å². The summed E-state index contributed by atoms with van der Waals surface area (Å²) in [5.74, 6) is 0.712. The fourth-order valence-electron chi connectivity index (χ4n) is 3.97. The van der Waals surface area contributed by atoms with E-state index in [1.807, 2.05) is 0 Å². The molecule has 0 spiro atoms. The second kappa shape index (κ2) is 8.17. The maximum absolute atomic E-state index is 12.9. The summed E-state index contributed by atoms with van der Waals surface area (Å²) >= 11 is 0. The Hall–Kier alpha value is -0.570. The van der Waals surface area contributed by atoms with Crippen molar-refractivity contribution in [3.05, 3.63) is 0 Å². The second-order valence-corrected chi connectivity index (χ2v) is 7.50. The van der Waals surface area contributed by atoms with Crippen molar-refractivity contribution < 1.29 is 4.79 Å². The van der Waals surface area contributed by atoms with E-state index < -0.39 is 0 Å². The fraction of sp³-hybridized carbons (Fsp3) is 0.944. The highest BCUT2D eigenvalue weighted by Crippen LogP contribution is 2.31. The highest BCUT2D eigenvalue weighted by molar-refractivity contribution is 5.77. The number of rotatable bonds is 5. The molecule has 0 aromatic carbocycles. The van der Waals surface area contributed by atoms with Crippen molar-refractivity contribution in [3.8, 4) is 0 Å². The molecule has 1 unspecified atom stereocenters. The van der Waals surface area contributed by atoms with Crippen LogP contribution in [0.2, 0.25) is 0 Å². The largest absolute Gasteiger partial charge is 0.337 e. The molecule has 2 N–H and O–H groups in total. The van der Waals surface area contributed by atoms with Crippen LogP contribution in [0, 0.1) is 5.92 Å². The smallest absolute Gasteiger partial charge is 0.224 e. The maximum Gasteiger partial charge on any atom is 0.224 e. The monoisotopic (exact) mass is 294 g/mol. The Kier molecular flexibility index (Phi) is 6.53. The molecular weight excluding hydrogens is 260 g/mol. The first kappa shape index (κ1) is 16.8. The van der Waals surface area contributed by atoms with Crippen molar-refractivity contribution in [2.75, 3.05) is 0 Å². The molecule has 1 atom stereocenters. The number of amides is 1. The minimum atomic E-state index is 0.00665. The predicted molar refractivity (Wildman–Crippen MR) is 88.0 cm³/mol. The van der Waals surface area contributed by atoms with E-state index in [0.29, 0.717) is 30.3 Å². The standard InChI is InChI=1S/C18H34N2O/c1-14(2)17(19)13-18(21)20(15-9-5-3-6-10-15)16-11-7-4-8-12-16/h14-17H,3-13,19H2,1-2H3. The van der Waals surface area contributed by atoms with Crippen LogP contribution < -0.4 is 5.73 Å². The third-order valence-corrected chi connectivity index (χ3v) is 5.49. The van der Waals surface area contributed by atoms with Gasteiger partial charge in [-0.3, -0.25) is 4.79 Å². The Morgan fingerprint density at radius 2 is 1.38 bits per heavy atom. The number of nitrogens with two attached hydrogens (primary N) is 1. The van der Waals surface area contributed by atoms with Gasteiger partial charge in [-0.05, 0) is 31.6 Å². The predicted octanol–water partition coefficient (Wildman–Crippen LogP) is 3.85. The van der Waals surface area contributed by atoms with Gasteiger partial charge in [-0.25, -0.2) is 0 Å². The topological polar surface area (TPSA) is 46.3 Å². The molecule has 2 aliphatic rings.